The lowest BCUT2D eigenvalue weighted by Gasteiger charge is -2.19. The number of carbonyl (C=O) groups is 1. The molecule has 1 heterocycles. The largest absolute Gasteiger partial charge is 0.495 e. The molecular formula is C23H27N5O4. The van der Waals surface area contributed by atoms with E-state index < -0.39 is 5.97 Å². The summed E-state index contributed by atoms with van der Waals surface area (Å²) in [5, 5.41) is 3.02. The third-order valence-corrected chi connectivity index (χ3v) is 4.49. The van der Waals surface area contributed by atoms with Gasteiger partial charge in [-0.3, -0.25) is 0 Å². The zero-order chi connectivity index (χ0) is 23.1. The highest BCUT2D eigenvalue weighted by atomic mass is 16.6. The number of aromatic nitrogens is 3. The fraction of sp³-hybridized carbons (Fsp3) is 0.304. The van der Waals surface area contributed by atoms with Crippen molar-refractivity contribution >= 4 is 23.6 Å². The first-order chi connectivity index (χ1) is 15.2. The molecule has 0 aliphatic carbocycles. The van der Waals surface area contributed by atoms with Gasteiger partial charge in [0.25, 0.3) is 0 Å². The summed E-state index contributed by atoms with van der Waals surface area (Å²) >= 11 is 0. The molecule has 168 valence electrons. The molecule has 0 saturated heterocycles. The van der Waals surface area contributed by atoms with E-state index in [-0.39, 0.29) is 36.3 Å². The first-order valence-corrected chi connectivity index (χ1v) is 10.0. The molecule has 3 aromatic rings. The Bertz CT molecular complexity index is 1060. The first kappa shape index (κ1) is 22.8. The number of benzene rings is 2. The minimum absolute atomic E-state index is 0.00126. The molecule has 0 spiro atoms. The molecule has 9 nitrogen and oxygen atoms in total. The van der Waals surface area contributed by atoms with Crippen molar-refractivity contribution in [1.82, 2.24) is 15.0 Å². The summed E-state index contributed by atoms with van der Waals surface area (Å²) in [6.07, 6.45) is 0. The highest BCUT2D eigenvalue weighted by Gasteiger charge is 2.14. The van der Waals surface area contributed by atoms with Gasteiger partial charge in [0.15, 0.2) is 19.0 Å². The predicted molar refractivity (Wildman–Crippen MR) is 121 cm³/mol. The third kappa shape index (κ3) is 6.31. The molecule has 0 unspecified atom stereocenters. The van der Waals surface area contributed by atoms with E-state index in [1.807, 2.05) is 42.5 Å². The molecule has 0 fully saturated rings. The number of anilines is 3. The molecule has 0 saturated carbocycles. The van der Waals surface area contributed by atoms with Gasteiger partial charge in [-0.25, -0.2) is 4.79 Å². The molecular weight excluding hydrogens is 410 g/mol. The molecule has 0 bridgehead atoms. The van der Waals surface area contributed by atoms with Crippen molar-refractivity contribution in [1.29, 1.82) is 0 Å². The van der Waals surface area contributed by atoms with Crippen LogP contribution in [0.4, 0.5) is 17.6 Å². The van der Waals surface area contributed by atoms with Crippen molar-refractivity contribution in [3.05, 3.63) is 59.9 Å². The number of nitrogens with one attached hydrogen (secondary N) is 1. The number of para-hydroxylation sites is 2. The highest BCUT2D eigenvalue weighted by Crippen LogP contribution is 2.26. The van der Waals surface area contributed by atoms with Crippen molar-refractivity contribution in [2.24, 2.45) is 0 Å². The summed E-state index contributed by atoms with van der Waals surface area (Å²) in [4.78, 5) is 24.4. The second-order valence-electron chi connectivity index (χ2n) is 7.98. The Balaban J connectivity index is 1.55. The number of rotatable bonds is 8. The summed E-state index contributed by atoms with van der Waals surface area (Å²) in [6.45, 7) is 5.99. The standard InChI is InChI=1S/C23H27N5O4/c1-23(2,3)15-9-11-16(12-10-15)31-14-20(29)32-13-19-26-21(24)28-22(27-19)25-17-7-5-6-8-18(17)30-4/h5-12H,13-14H2,1-4H3,(H3,24,25,26,27,28). The Morgan fingerprint density at radius 3 is 2.44 bits per heavy atom. The van der Waals surface area contributed by atoms with Crippen LogP contribution in [0.1, 0.15) is 32.2 Å². The van der Waals surface area contributed by atoms with Crippen molar-refractivity contribution in [2.75, 3.05) is 24.8 Å². The van der Waals surface area contributed by atoms with Crippen LogP contribution < -0.4 is 20.5 Å². The smallest absolute Gasteiger partial charge is 0.344 e. The Kier molecular flexibility index (Phi) is 7.09. The number of ether oxygens (including phenoxy) is 3. The normalized spacial score (nSPS) is 11.0. The van der Waals surface area contributed by atoms with E-state index in [1.54, 1.807) is 13.2 Å². The highest BCUT2D eigenvalue weighted by molar-refractivity contribution is 5.71. The second kappa shape index (κ2) is 9.95. The number of methoxy groups -OCH3 is 1. The van der Waals surface area contributed by atoms with E-state index in [4.69, 9.17) is 19.9 Å². The molecule has 0 aliphatic rings. The van der Waals surface area contributed by atoms with Crippen LogP contribution in [0, 0.1) is 0 Å². The Labute approximate surface area is 187 Å². The van der Waals surface area contributed by atoms with Gasteiger partial charge in [-0.1, -0.05) is 45.0 Å². The van der Waals surface area contributed by atoms with Gasteiger partial charge in [-0.15, -0.1) is 0 Å². The summed E-state index contributed by atoms with van der Waals surface area (Å²) in [7, 11) is 1.56. The molecule has 32 heavy (non-hydrogen) atoms. The summed E-state index contributed by atoms with van der Waals surface area (Å²) in [5.74, 6) is 1.07. The van der Waals surface area contributed by atoms with Gasteiger partial charge in [0.2, 0.25) is 11.9 Å². The van der Waals surface area contributed by atoms with Gasteiger partial charge in [-0.2, -0.15) is 15.0 Å². The molecule has 0 amide bonds. The summed E-state index contributed by atoms with van der Waals surface area (Å²) < 4.78 is 16.0. The van der Waals surface area contributed by atoms with Crippen molar-refractivity contribution < 1.29 is 19.0 Å². The molecule has 0 radical (unpaired) electrons. The van der Waals surface area contributed by atoms with Crippen LogP contribution >= 0.6 is 0 Å². The SMILES string of the molecule is COc1ccccc1Nc1nc(N)nc(COC(=O)COc2ccc(C(C)(C)C)cc2)n1. The van der Waals surface area contributed by atoms with Crippen molar-refractivity contribution in [2.45, 2.75) is 32.8 Å². The average molecular weight is 438 g/mol. The van der Waals surface area contributed by atoms with E-state index >= 15 is 0 Å². The quantitative estimate of drug-likeness (QED) is 0.509. The molecule has 0 atom stereocenters. The van der Waals surface area contributed by atoms with Crippen LogP contribution in [0.15, 0.2) is 48.5 Å². The van der Waals surface area contributed by atoms with Crippen molar-refractivity contribution in [3.63, 3.8) is 0 Å². The van der Waals surface area contributed by atoms with Gasteiger partial charge in [0, 0.05) is 0 Å². The maximum Gasteiger partial charge on any atom is 0.344 e. The molecule has 9 heteroatoms. The lowest BCUT2D eigenvalue weighted by atomic mass is 9.87. The Morgan fingerprint density at radius 2 is 1.75 bits per heavy atom. The van der Waals surface area contributed by atoms with E-state index in [9.17, 15) is 4.79 Å². The van der Waals surface area contributed by atoms with E-state index in [0.29, 0.717) is 17.2 Å². The van der Waals surface area contributed by atoms with E-state index in [1.165, 1.54) is 5.56 Å². The van der Waals surface area contributed by atoms with Gasteiger partial charge < -0.3 is 25.3 Å². The molecule has 0 aliphatic heterocycles. The third-order valence-electron chi connectivity index (χ3n) is 4.49. The lowest BCUT2D eigenvalue weighted by molar-refractivity contribution is -0.147. The van der Waals surface area contributed by atoms with Gasteiger partial charge >= 0.3 is 5.97 Å². The average Bonchev–Trinajstić information content (AvgIpc) is 2.76. The number of nitrogens with two attached hydrogens (primary N) is 1. The Morgan fingerprint density at radius 1 is 1.03 bits per heavy atom. The van der Waals surface area contributed by atoms with E-state index in [0.717, 1.165) is 0 Å². The number of nitrogen functional groups attached to an aromatic ring is 1. The van der Waals surface area contributed by atoms with Gasteiger partial charge in [-0.05, 0) is 35.2 Å². The molecule has 3 rings (SSSR count). The topological polar surface area (TPSA) is 121 Å². The lowest BCUT2D eigenvalue weighted by Crippen LogP contribution is -2.16. The van der Waals surface area contributed by atoms with Crippen LogP contribution in [0.3, 0.4) is 0 Å². The van der Waals surface area contributed by atoms with Crippen LogP contribution in [0.5, 0.6) is 11.5 Å². The van der Waals surface area contributed by atoms with Crippen LogP contribution in [0.2, 0.25) is 0 Å². The minimum atomic E-state index is -0.553. The second-order valence-corrected chi connectivity index (χ2v) is 7.98. The van der Waals surface area contributed by atoms with Gasteiger partial charge in [0.1, 0.15) is 11.5 Å². The number of esters is 1. The number of hydrogen-bond acceptors (Lipinski definition) is 9. The van der Waals surface area contributed by atoms with Crippen molar-refractivity contribution in [3.8, 4) is 11.5 Å². The monoisotopic (exact) mass is 437 g/mol. The van der Waals surface area contributed by atoms with Crippen LogP contribution in [0.25, 0.3) is 0 Å². The molecule has 2 aromatic carbocycles. The number of carbonyl (C=O) groups excluding carboxylic acids is 1. The van der Waals surface area contributed by atoms with Crippen LogP contribution in [-0.4, -0.2) is 34.6 Å². The maximum atomic E-state index is 12.1. The number of hydrogen-bond donors (Lipinski definition) is 2. The maximum absolute atomic E-state index is 12.1. The first-order valence-electron chi connectivity index (χ1n) is 10.0. The summed E-state index contributed by atoms with van der Waals surface area (Å²) in [5.41, 5.74) is 7.65. The molecule has 1 aromatic heterocycles. The summed E-state index contributed by atoms with van der Waals surface area (Å²) in [6, 6.07) is 14.9. The van der Waals surface area contributed by atoms with E-state index in [2.05, 4.69) is 41.0 Å². The zero-order valence-corrected chi connectivity index (χ0v) is 18.6. The fourth-order valence-electron chi connectivity index (χ4n) is 2.81. The minimum Gasteiger partial charge on any atom is -0.495 e. The fourth-order valence-corrected chi connectivity index (χ4v) is 2.81. The molecule has 3 N–H and O–H groups in total. The van der Waals surface area contributed by atoms with Gasteiger partial charge in [0.05, 0.1) is 12.8 Å². The number of nitrogens with zero attached hydrogens (tertiary/aromatic N) is 3. The predicted octanol–water partition coefficient (Wildman–Crippen LogP) is 3.63. The van der Waals surface area contributed by atoms with Crippen LogP contribution in [-0.2, 0) is 21.6 Å². The zero-order valence-electron chi connectivity index (χ0n) is 18.6. The Hall–Kier alpha value is -3.88.